The van der Waals surface area contributed by atoms with Crippen LogP contribution in [0.5, 0.6) is 0 Å². The van der Waals surface area contributed by atoms with Gasteiger partial charge in [-0.05, 0) is 23.8 Å². The molecule has 0 radical (unpaired) electrons. The van der Waals surface area contributed by atoms with Crippen LogP contribution in [0.4, 0.5) is 4.79 Å². The number of amides is 1. The molecule has 0 aliphatic carbocycles. The van der Waals surface area contributed by atoms with Crippen LogP contribution in [0.3, 0.4) is 0 Å². The Morgan fingerprint density at radius 2 is 1.80 bits per heavy atom. The number of hydrogen-bond acceptors (Lipinski definition) is 6. The Morgan fingerprint density at radius 1 is 1.03 bits per heavy atom. The Labute approximate surface area is 173 Å². The highest BCUT2D eigenvalue weighted by Crippen LogP contribution is 2.14. The summed E-state index contributed by atoms with van der Waals surface area (Å²) < 4.78 is 10.4. The van der Waals surface area contributed by atoms with Crippen molar-refractivity contribution in [2.24, 2.45) is 0 Å². The van der Waals surface area contributed by atoms with Crippen LogP contribution in [0, 0.1) is 0 Å². The summed E-state index contributed by atoms with van der Waals surface area (Å²) in [6.45, 7) is 3.41. The van der Waals surface area contributed by atoms with Gasteiger partial charge in [-0.3, -0.25) is 14.7 Å². The predicted molar refractivity (Wildman–Crippen MR) is 110 cm³/mol. The van der Waals surface area contributed by atoms with E-state index < -0.39 is 5.76 Å². The molecule has 1 aromatic heterocycles. The lowest BCUT2D eigenvalue weighted by Crippen LogP contribution is -2.49. The summed E-state index contributed by atoms with van der Waals surface area (Å²) in [6, 6.07) is 14.5. The van der Waals surface area contributed by atoms with Gasteiger partial charge in [0, 0.05) is 44.7 Å². The second-order valence-electron chi connectivity index (χ2n) is 7.27. The molecule has 0 spiro atoms. The van der Waals surface area contributed by atoms with Crippen molar-refractivity contribution in [3.63, 3.8) is 0 Å². The number of nitrogens with zero attached hydrogens (tertiary/aromatic N) is 2. The van der Waals surface area contributed by atoms with Gasteiger partial charge in [0.05, 0.1) is 5.52 Å². The predicted octanol–water partition coefficient (Wildman–Crippen LogP) is 2.65. The second kappa shape index (κ2) is 8.96. The van der Waals surface area contributed by atoms with Crippen LogP contribution in [-0.2, 0) is 11.3 Å². The number of nitrogens with one attached hydrogen (secondary N) is 1. The molecule has 0 bridgehead atoms. The normalized spacial score (nSPS) is 14.7. The highest BCUT2D eigenvalue weighted by molar-refractivity contribution is 5.98. The molecule has 0 saturated carbocycles. The number of oxazole rings is 1. The molecule has 1 amide bonds. The number of carbonyl (C=O) groups is 2. The Balaban J connectivity index is 1.21. The van der Waals surface area contributed by atoms with Crippen molar-refractivity contribution >= 4 is 23.0 Å². The van der Waals surface area contributed by atoms with Crippen LogP contribution in [0.2, 0.25) is 0 Å². The lowest BCUT2D eigenvalue weighted by atomic mass is 10.1. The molecule has 0 atom stereocenters. The van der Waals surface area contributed by atoms with Gasteiger partial charge in [0.2, 0.25) is 0 Å². The van der Waals surface area contributed by atoms with Gasteiger partial charge >= 0.3 is 11.8 Å². The molecule has 8 nitrogen and oxygen atoms in total. The van der Waals surface area contributed by atoms with Crippen molar-refractivity contribution in [2.75, 3.05) is 32.7 Å². The fraction of sp³-hybridized carbons (Fsp3) is 0.318. The summed E-state index contributed by atoms with van der Waals surface area (Å²) in [6.07, 6.45) is 0.0504. The fourth-order valence-electron chi connectivity index (χ4n) is 3.49. The van der Waals surface area contributed by atoms with Crippen LogP contribution >= 0.6 is 0 Å². The highest BCUT2D eigenvalue weighted by atomic mass is 16.6. The van der Waals surface area contributed by atoms with Crippen molar-refractivity contribution in [2.45, 2.75) is 13.0 Å². The van der Waals surface area contributed by atoms with Crippen molar-refractivity contribution < 1.29 is 18.7 Å². The molecule has 1 N–H and O–H groups in total. The zero-order chi connectivity index (χ0) is 20.9. The van der Waals surface area contributed by atoms with E-state index >= 15 is 0 Å². The molecule has 3 aromatic rings. The maximum atomic E-state index is 12.5. The standard InChI is InChI=1S/C22H23N3O5/c26-19(17-6-7-18-20(14-17)30-21(27)23-18)8-9-24-10-12-25(13-11-24)22(28)29-15-16-4-2-1-3-5-16/h1-7,14H,8-13,15H2,(H,23,27). The molecule has 8 heteroatoms. The molecule has 4 rings (SSSR count). The number of Topliss-reactive ketones (excluding diaryl/α,β-unsaturated/α-hetero) is 1. The van der Waals surface area contributed by atoms with Crippen LogP contribution < -0.4 is 5.76 Å². The third-order valence-electron chi connectivity index (χ3n) is 5.23. The first-order valence-electron chi connectivity index (χ1n) is 9.92. The molecule has 2 heterocycles. The number of carbonyl (C=O) groups excluding carboxylic acids is 2. The Morgan fingerprint density at radius 3 is 2.57 bits per heavy atom. The number of hydrogen-bond donors (Lipinski definition) is 1. The van der Waals surface area contributed by atoms with E-state index in [1.807, 2.05) is 30.3 Å². The van der Waals surface area contributed by atoms with Gasteiger partial charge < -0.3 is 14.1 Å². The van der Waals surface area contributed by atoms with E-state index in [-0.39, 0.29) is 18.5 Å². The third kappa shape index (κ3) is 4.77. The Kier molecular flexibility index (Phi) is 5.94. The van der Waals surface area contributed by atoms with Crippen molar-refractivity contribution in [1.82, 2.24) is 14.8 Å². The minimum absolute atomic E-state index is 0.00884. The quantitative estimate of drug-likeness (QED) is 0.629. The van der Waals surface area contributed by atoms with E-state index in [2.05, 4.69) is 9.88 Å². The van der Waals surface area contributed by atoms with Gasteiger partial charge in [0.15, 0.2) is 11.4 Å². The van der Waals surface area contributed by atoms with Gasteiger partial charge in [0.1, 0.15) is 6.61 Å². The first-order valence-corrected chi connectivity index (χ1v) is 9.92. The molecule has 30 heavy (non-hydrogen) atoms. The Bertz CT molecular complexity index is 1080. The molecule has 2 aromatic carbocycles. The van der Waals surface area contributed by atoms with E-state index in [1.54, 1.807) is 23.1 Å². The van der Waals surface area contributed by atoms with E-state index in [1.165, 1.54) is 0 Å². The number of ether oxygens (including phenoxy) is 1. The molecule has 1 aliphatic heterocycles. The summed E-state index contributed by atoms with van der Waals surface area (Å²) in [5.74, 6) is -0.541. The Hall–Kier alpha value is -3.39. The van der Waals surface area contributed by atoms with Gasteiger partial charge in [-0.25, -0.2) is 9.59 Å². The summed E-state index contributed by atoms with van der Waals surface area (Å²) in [5, 5.41) is 0. The molecular formula is C22H23N3O5. The number of rotatable bonds is 6. The third-order valence-corrected chi connectivity index (χ3v) is 5.23. The number of piperazine rings is 1. The average Bonchev–Trinajstić information content (AvgIpc) is 3.16. The number of H-pyrrole nitrogens is 1. The number of fused-ring (bicyclic) bond motifs is 1. The van der Waals surface area contributed by atoms with E-state index in [4.69, 9.17) is 9.15 Å². The number of ketones is 1. The largest absolute Gasteiger partial charge is 0.445 e. The van der Waals surface area contributed by atoms with Crippen LogP contribution in [-0.4, -0.2) is 59.4 Å². The number of aromatic amines is 1. The van der Waals surface area contributed by atoms with Crippen molar-refractivity contribution in [1.29, 1.82) is 0 Å². The lowest BCUT2D eigenvalue weighted by molar-refractivity contribution is 0.0696. The van der Waals surface area contributed by atoms with Crippen LogP contribution in [0.1, 0.15) is 22.3 Å². The van der Waals surface area contributed by atoms with Crippen molar-refractivity contribution in [3.05, 3.63) is 70.2 Å². The zero-order valence-corrected chi connectivity index (χ0v) is 16.5. The smallest absolute Gasteiger partial charge is 0.417 e. The van der Waals surface area contributed by atoms with Gasteiger partial charge in [-0.2, -0.15) is 0 Å². The van der Waals surface area contributed by atoms with E-state index in [9.17, 15) is 14.4 Å². The highest BCUT2D eigenvalue weighted by Gasteiger charge is 2.22. The summed E-state index contributed by atoms with van der Waals surface area (Å²) >= 11 is 0. The first-order chi connectivity index (χ1) is 14.6. The molecule has 1 fully saturated rings. The maximum absolute atomic E-state index is 12.5. The van der Waals surface area contributed by atoms with E-state index in [0.717, 1.165) is 5.56 Å². The fourth-order valence-corrected chi connectivity index (χ4v) is 3.49. The second-order valence-corrected chi connectivity index (χ2v) is 7.27. The molecule has 1 saturated heterocycles. The van der Waals surface area contributed by atoms with Gasteiger partial charge in [-0.1, -0.05) is 30.3 Å². The van der Waals surface area contributed by atoms with Crippen LogP contribution in [0.15, 0.2) is 57.7 Å². The van der Waals surface area contributed by atoms with Gasteiger partial charge in [0.25, 0.3) is 0 Å². The SMILES string of the molecule is O=C(CCN1CCN(C(=O)OCc2ccccc2)CC1)c1ccc2[nH]c(=O)oc2c1. The average molecular weight is 409 g/mol. The maximum Gasteiger partial charge on any atom is 0.417 e. The number of aromatic nitrogens is 1. The molecule has 0 unspecified atom stereocenters. The minimum atomic E-state index is -0.533. The summed E-state index contributed by atoms with van der Waals surface area (Å²) in [7, 11) is 0. The van der Waals surface area contributed by atoms with Crippen molar-refractivity contribution in [3.8, 4) is 0 Å². The molecule has 156 valence electrons. The lowest BCUT2D eigenvalue weighted by Gasteiger charge is -2.33. The van der Waals surface area contributed by atoms with Gasteiger partial charge in [-0.15, -0.1) is 0 Å². The summed E-state index contributed by atoms with van der Waals surface area (Å²) in [5.41, 5.74) is 2.44. The first kappa shape index (κ1) is 19.9. The topological polar surface area (TPSA) is 95.9 Å². The van der Waals surface area contributed by atoms with Crippen LogP contribution in [0.25, 0.3) is 11.1 Å². The molecule has 1 aliphatic rings. The minimum Gasteiger partial charge on any atom is -0.445 e. The zero-order valence-electron chi connectivity index (χ0n) is 16.5. The molecular weight excluding hydrogens is 386 g/mol. The number of benzene rings is 2. The monoisotopic (exact) mass is 409 g/mol. The van der Waals surface area contributed by atoms with E-state index in [0.29, 0.717) is 55.8 Å². The summed E-state index contributed by atoms with van der Waals surface area (Å²) in [4.78, 5) is 42.4.